The molecule has 0 spiro atoms. The zero-order chi connectivity index (χ0) is 16.8. The van der Waals surface area contributed by atoms with Gasteiger partial charge in [0.1, 0.15) is 4.88 Å². The molecule has 1 aromatic carbocycles. The van der Waals surface area contributed by atoms with Crippen LogP contribution in [0.15, 0.2) is 18.3 Å². The van der Waals surface area contributed by atoms with Crippen LogP contribution in [-0.2, 0) is 5.41 Å². The number of hydrogen-bond donors (Lipinski definition) is 1. The zero-order valence-electron chi connectivity index (χ0n) is 13.9. The molecule has 0 saturated carbocycles. The number of benzene rings is 1. The fourth-order valence-corrected chi connectivity index (χ4v) is 4.07. The Hall–Kier alpha value is -1.79. The van der Waals surface area contributed by atoms with Crippen molar-refractivity contribution < 1.29 is 4.79 Å². The second-order valence-electron chi connectivity index (χ2n) is 6.63. The highest BCUT2D eigenvalue weighted by Crippen LogP contribution is 2.32. The number of carbonyl (C=O) groups is 1. The topological polar surface area (TPSA) is 54.9 Å². The van der Waals surface area contributed by atoms with Gasteiger partial charge in [-0.05, 0) is 25.0 Å². The van der Waals surface area contributed by atoms with E-state index in [4.69, 9.17) is 0 Å². The average molecular weight is 345 g/mol. The van der Waals surface area contributed by atoms with Gasteiger partial charge in [0, 0.05) is 5.41 Å². The summed E-state index contributed by atoms with van der Waals surface area (Å²) in [6, 6.07) is 4.14. The molecule has 0 bridgehead atoms. The maximum Gasteiger partial charge on any atom is 0.269 e. The van der Waals surface area contributed by atoms with Gasteiger partial charge < -0.3 is 0 Å². The molecule has 2 heterocycles. The number of fused-ring (bicyclic) bond motifs is 1. The SMILES string of the molecule is Cc1ccc(C)c2sc(NC(=O)c3cnc(C(C)(C)C)s3)nc12. The number of amides is 1. The molecule has 3 rings (SSSR count). The predicted octanol–water partition coefficient (Wildman–Crippen LogP) is 4.92. The van der Waals surface area contributed by atoms with Crippen LogP contribution < -0.4 is 5.32 Å². The molecule has 0 saturated heterocycles. The number of rotatable bonds is 2. The van der Waals surface area contributed by atoms with Gasteiger partial charge in [-0.15, -0.1) is 11.3 Å². The first-order valence-electron chi connectivity index (χ1n) is 7.40. The number of anilines is 1. The lowest BCUT2D eigenvalue weighted by Gasteiger charge is -2.13. The van der Waals surface area contributed by atoms with Crippen molar-refractivity contribution in [3.63, 3.8) is 0 Å². The van der Waals surface area contributed by atoms with Gasteiger partial charge in [0.2, 0.25) is 0 Å². The van der Waals surface area contributed by atoms with Gasteiger partial charge in [-0.25, -0.2) is 9.97 Å². The molecule has 3 aromatic rings. The van der Waals surface area contributed by atoms with Crippen molar-refractivity contribution in [1.82, 2.24) is 9.97 Å². The first kappa shape index (κ1) is 16.1. The van der Waals surface area contributed by atoms with E-state index in [9.17, 15) is 4.79 Å². The molecular weight excluding hydrogens is 326 g/mol. The third-order valence-electron chi connectivity index (χ3n) is 3.53. The second kappa shape index (κ2) is 5.69. The number of aryl methyl sites for hydroxylation is 2. The molecule has 4 nitrogen and oxygen atoms in total. The first-order chi connectivity index (χ1) is 10.8. The number of nitrogens with zero attached hydrogens (tertiary/aromatic N) is 2. The van der Waals surface area contributed by atoms with Crippen LogP contribution in [0, 0.1) is 13.8 Å². The van der Waals surface area contributed by atoms with Crippen LogP contribution in [0.5, 0.6) is 0 Å². The van der Waals surface area contributed by atoms with Crippen molar-refractivity contribution >= 4 is 43.9 Å². The number of aromatic nitrogens is 2. The molecule has 2 aromatic heterocycles. The lowest BCUT2D eigenvalue weighted by atomic mass is 9.98. The van der Waals surface area contributed by atoms with E-state index < -0.39 is 0 Å². The Morgan fingerprint density at radius 1 is 1.13 bits per heavy atom. The lowest BCUT2D eigenvalue weighted by molar-refractivity contribution is 0.103. The summed E-state index contributed by atoms with van der Waals surface area (Å²) in [5.74, 6) is -0.146. The van der Waals surface area contributed by atoms with E-state index in [0.29, 0.717) is 10.0 Å². The Morgan fingerprint density at radius 3 is 2.43 bits per heavy atom. The van der Waals surface area contributed by atoms with Crippen LogP contribution >= 0.6 is 22.7 Å². The normalized spacial score (nSPS) is 11.9. The zero-order valence-corrected chi connectivity index (χ0v) is 15.5. The van der Waals surface area contributed by atoms with E-state index in [1.54, 1.807) is 6.20 Å². The number of thiazole rings is 2. The third kappa shape index (κ3) is 3.14. The van der Waals surface area contributed by atoms with Gasteiger partial charge in [0.25, 0.3) is 5.91 Å². The van der Waals surface area contributed by atoms with Crippen LogP contribution in [0.25, 0.3) is 10.2 Å². The Labute approximate surface area is 143 Å². The highest BCUT2D eigenvalue weighted by atomic mass is 32.1. The molecule has 1 N–H and O–H groups in total. The fourth-order valence-electron chi connectivity index (χ4n) is 2.20. The van der Waals surface area contributed by atoms with Crippen molar-refractivity contribution in [2.45, 2.75) is 40.0 Å². The first-order valence-corrected chi connectivity index (χ1v) is 9.03. The van der Waals surface area contributed by atoms with E-state index >= 15 is 0 Å². The van der Waals surface area contributed by atoms with Gasteiger partial charge in [-0.3, -0.25) is 10.1 Å². The number of nitrogens with one attached hydrogen (secondary N) is 1. The Bertz CT molecular complexity index is 848. The molecule has 0 aliphatic heterocycles. The molecule has 0 radical (unpaired) electrons. The standard InChI is InChI=1S/C17H19N3OS2/c1-9-6-7-10(2)13-12(9)19-16(23-13)20-14(21)11-8-18-15(22-11)17(3,4)5/h6-8H,1-5H3,(H,19,20,21). The summed E-state index contributed by atoms with van der Waals surface area (Å²) in [4.78, 5) is 22.0. The highest BCUT2D eigenvalue weighted by Gasteiger charge is 2.21. The monoisotopic (exact) mass is 345 g/mol. The molecule has 1 amide bonds. The molecule has 0 atom stereocenters. The summed E-state index contributed by atoms with van der Waals surface area (Å²) in [6.07, 6.45) is 1.64. The van der Waals surface area contributed by atoms with Crippen molar-refractivity contribution in [3.05, 3.63) is 39.3 Å². The maximum atomic E-state index is 12.4. The van der Waals surface area contributed by atoms with E-state index in [0.717, 1.165) is 20.8 Å². The second-order valence-corrected chi connectivity index (χ2v) is 8.66. The van der Waals surface area contributed by atoms with Crippen LogP contribution in [0.2, 0.25) is 0 Å². The predicted molar refractivity (Wildman–Crippen MR) is 97.9 cm³/mol. The van der Waals surface area contributed by atoms with Crippen molar-refractivity contribution in [2.75, 3.05) is 5.32 Å². The molecule has 0 fully saturated rings. The summed E-state index contributed by atoms with van der Waals surface area (Å²) < 4.78 is 1.12. The quantitative estimate of drug-likeness (QED) is 0.717. The van der Waals surface area contributed by atoms with Crippen LogP contribution in [-0.4, -0.2) is 15.9 Å². The van der Waals surface area contributed by atoms with Gasteiger partial charge in [0.05, 0.1) is 21.4 Å². The minimum absolute atomic E-state index is 0.0483. The minimum Gasteiger partial charge on any atom is -0.297 e. The van der Waals surface area contributed by atoms with Crippen molar-refractivity contribution in [1.29, 1.82) is 0 Å². The molecule has 0 aliphatic rings. The van der Waals surface area contributed by atoms with E-state index in [2.05, 4.69) is 55.1 Å². The number of carbonyl (C=O) groups excluding carboxylic acids is 1. The summed E-state index contributed by atoms with van der Waals surface area (Å²) in [5, 5.41) is 4.50. The van der Waals surface area contributed by atoms with E-state index in [1.165, 1.54) is 28.2 Å². The minimum atomic E-state index is -0.146. The average Bonchev–Trinajstić information content (AvgIpc) is 3.09. The summed E-state index contributed by atoms with van der Waals surface area (Å²) in [5.41, 5.74) is 3.21. The fraction of sp³-hybridized carbons (Fsp3) is 0.353. The van der Waals surface area contributed by atoms with Gasteiger partial charge in [0.15, 0.2) is 5.13 Å². The number of hydrogen-bond acceptors (Lipinski definition) is 5. The summed E-state index contributed by atoms with van der Waals surface area (Å²) in [6.45, 7) is 10.4. The molecule has 0 aliphatic carbocycles. The molecule has 6 heteroatoms. The van der Waals surface area contributed by atoms with Crippen molar-refractivity contribution in [2.24, 2.45) is 0 Å². The summed E-state index contributed by atoms with van der Waals surface area (Å²) in [7, 11) is 0. The Balaban J connectivity index is 1.87. The largest absolute Gasteiger partial charge is 0.297 e. The van der Waals surface area contributed by atoms with Gasteiger partial charge in [-0.1, -0.05) is 44.2 Å². The van der Waals surface area contributed by atoms with Crippen molar-refractivity contribution in [3.8, 4) is 0 Å². The van der Waals surface area contributed by atoms with Crippen LogP contribution in [0.1, 0.15) is 46.6 Å². The maximum absolute atomic E-state index is 12.4. The Morgan fingerprint density at radius 2 is 1.83 bits per heavy atom. The molecule has 120 valence electrons. The lowest BCUT2D eigenvalue weighted by Crippen LogP contribution is -2.10. The van der Waals surface area contributed by atoms with E-state index in [1.807, 2.05) is 6.92 Å². The molecule has 23 heavy (non-hydrogen) atoms. The van der Waals surface area contributed by atoms with Crippen LogP contribution in [0.4, 0.5) is 5.13 Å². The third-order valence-corrected chi connectivity index (χ3v) is 6.06. The highest BCUT2D eigenvalue weighted by molar-refractivity contribution is 7.22. The molecular formula is C17H19N3OS2. The van der Waals surface area contributed by atoms with Gasteiger partial charge in [-0.2, -0.15) is 0 Å². The van der Waals surface area contributed by atoms with Gasteiger partial charge >= 0.3 is 0 Å². The molecule has 0 unspecified atom stereocenters. The summed E-state index contributed by atoms with van der Waals surface area (Å²) >= 11 is 2.95. The smallest absolute Gasteiger partial charge is 0.269 e. The Kier molecular flexibility index (Phi) is 3.98. The van der Waals surface area contributed by atoms with E-state index in [-0.39, 0.29) is 11.3 Å². The van der Waals surface area contributed by atoms with Crippen LogP contribution in [0.3, 0.4) is 0 Å².